The summed E-state index contributed by atoms with van der Waals surface area (Å²) >= 11 is 0. The molecule has 0 radical (unpaired) electrons. The van der Waals surface area contributed by atoms with Crippen LogP contribution in [0.5, 0.6) is 0 Å². The van der Waals surface area contributed by atoms with Gasteiger partial charge in [-0.05, 0) is 36.8 Å². The van der Waals surface area contributed by atoms with E-state index in [9.17, 15) is 21.6 Å². The van der Waals surface area contributed by atoms with E-state index < -0.39 is 21.8 Å². The van der Waals surface area contributed by atoms with Crippen LogP contribution in [0.4, 0.5) is 13.2 Å². The molecule has 0 aliphatic rings. The Morgan fingerprint density at radius 3 is 2.37 bits per heavy atom. The number of aromatic nitrogens is 1. The predicted molar refractivity (Wildman–Crippen MR) is 119 cm³/mol. The van der Waals surface area contributed by atoms with Crippen LogP contribution in [0.2, 0.25) is 0 Å². The van der Waals surface area contributed by atoms with Crippen LogP contribution >= 0.6 is 24.0 Å². The quantitative estimate of drug-likeness (QED) is 0.201. The first-order valence-corrected chi connectivity index (χ1v) is 10.3. The van der Waals surface area contributed by atoms with Gasteiger partial charge in [0.25, 0.3) is 0 Å². The summed E-state index contributed by atoms with van der Waals surface area (Å²) in [6.45, 7) is 2.98. The van der Waals surface area contributed by atoms with E-state index in [4.69, 9.17) is 0 Å². The van der Waals surface area contributed by atoms with Gasteiger partial charge >= 0.3 is 6.18 Å². The summed E-state index contributed by atoms with van der Waals surface area (Å²) in [6, 6.07) is 7.75. The van der Waals surface area contributed by atoms with Gasteiger partial charge in [-0.3, -0.25) is 4.98 Å². The Morgan fingerprint density at radius 2 is 1.80 bits per heavy atom. The van der Waals surface area contributed by atoms with Crippen LogP contribution in [0.25, 0.3) is 0 Å². The minimum absolute atomic E-state index is 0. The largest absolute Gasteiger partial charge is 0.416 e. The van der Waals surface area contributed by atoms with E-state index in [1.165, 1.54) is 36.7 Å². The van der Waals surface area contributed by atoms with E-state index in [2.05, 4.69) is 25.3 Å². The lowest BCUT2D eigenvalue weighted by Gasteiger charge is -2.12. The molecular weight excluding hydrogens is 534 g/mol. The van der Waals surface area contributed by atoms with Crippen LogP contribution in [-0.2, 0) is 22.7 Å². The molecule has 0 unspecified atom stereocenters. The fraction of sp³-hybridized carbons (Fsp3) is 0.333. The molecule has 0 saturated carbocycles. The fourth-order valence-corrected chi connectivity index (χ4v) is 3.26. The molecule has 0 saturated heterocycles. The number of guanidine groups is 1. The molecule has 0 spiro atoms. The highest BCUT2D eigenvalue weighted by Crippen LogP contribution is 2.29. The Balaban J connectivity index is 0.00000450. The van der Waals surface area contributed by atoms with Gasteiger partial charge in [0.2, 0.25) is 10.0 Å². The first kappa shape index (κ1) is 26.1. The zero-order valence-corrected chi connectivity index (χ0v) is 19.3. The van der Waals surface area contributed by atoms with Crippen molar-refractivity contribution in [2.45, 2.75) is 24.5 Å². The number of halogens is 4. The Kier molecular flexibility index (Phi) is 10.5. The summed E-state index contributed by atoms with van der Waals surface area (Å²) in [4.78, 5) is 8.14. The number of benzene rings is 1. The Bertz CT molecular complexity index is 908. The van der Waals surface area contributed by atoms with E-state index in [1.807, 2.05) is 6.92 Å². The monoisotopic (exact) mass is 557 g/mol. The molecule has 2 rings (SSSR count). The van der Waals surface area contributed by atoms with Gasteiger partial charge in [0.1, 0.15) is 4.90 Å². The van der Waals surface area contributed by atoms with Crippen molar-refractivity contribution in [3.8, 4) is 0 Å². The summed E-state index contributed by atoms with van der Waals surface area (Å²) in [5.74, 6) is 0.424. The minimum atomic E-state index is -4.37. The van der Waals surface area contributed by atoms with Gasteiger partial charge in [-0.25, -0.2) is 18.1 Å². The van der Waals surface area contributed by atoms with Gasteiger partial charge in [-0.1, -0.05) is 12.1 Å². The van der Waals surface area contributed by atoms with Crippen LogP contribution < -0.4 is 15.4 Å². The van der Waals surface area contributed by atoms with Gasteiger partial charge in [-0.15, -0.1) is 24.0 Å². The van der Waals surface area contributed by atoms with Crippen LogP contribution in [0, 0.1) is 0 Å². The number of alkyl halides is 3. The lowest BCUT2D eigenvalue weighted by Crippen LogP contribution is -2.41. The second kappa shape index (κ2) is 12.1. The number of rotatable bonds is 8. The number of aliphatic imine (C=N–C) groups is 1. The maximum atomic E-state index is 12.6. The molecule has 7 nitrogen and oxygen atoms in total. The van der Waals surface area contributed by atoms with Crippen LogP contribution in [0.3, 0.4) is 0 Å². The van der Waals surface area contributed by atoms with Crippen molar-refractivity contribution in [3.05, 3.63) is 59.9 Å². The molecule has 0 aliphatic carbocycles. The second-order valence-corrected chi connectivity index (χ2v) is 7.67. The van der Waals surface area contributed by atoms with E-state index in [0.717, 1.165) is 12.1 Å². The Morgan fingerprint density at radius 1 is 1.10 bits per heavy atom. The lowest BCUT2D eigenvalue weighted by atomic mass is 10.1. The molecule has 0 bridgehead atoms. The third kappa shape index (κ3) is 8.44. The van der Waals surface area contributed by atoms with Crippen molar-refractivity contribution >= 4 is 40.0 Å². The SMILES string of the molecule is CCNC(=NCc1ccc(C(F)(F)F)cc1)NCCNS(=O)(=O)c1cccnc1.I. The topological polar surface area (TPSA) is 95.5 Å². The maximum Gasteiger partial charge on any atom is 0.416 e. The van der Waals surface area contributed by atoms with Gasteiger partial charge in [0, 0.05) is 32.0 Å². The highest BCUT2D eigenvalue weighted by atomic mass is 127. The second-order valence-electron chi connectivity index (χ2n) is 5.90. The van der Waals surface area contributed by atoms with Crippen molar-refractivity contribution in [2.75, 3.05) is 19.6 Å². The molecule has 12 heteroatoms. The van der Waals surface area contributed by atoms with Gasteiger partial charge < -0.3 is 10.6 Å². The summed E-state index contributed by atoms with van der Waals surface area (Å²) in [5, 5.41) is 5.96. The molecule has 2 aromatic rings. The number of sulfonamides is 1. The fourth-order valence-electron chi connectivity index (χ4n) is 2.27. The highest BCUT2D eigenvalue weighted by molar-refractivity contribution is 14.0. The molecule has 0 aliphatic heterocycles. The first-order chi connectivity index (χ1) is 13.7. The van der Waals surface area contributed by atoms with Crippen molar-refractivity contribution in [1.82, 2.24) is 20.3 Å². The average Bonchev–Trinajstić information content (AvgIpc) is 2.69. The summed E-state index contributed by atoms with van der Waals surface area (Å²) in [7, 11) is -3.65. The van der Waals surface area contributed by atoms with Crippen LogP contribution in [-0.4, -0.2) is 39.0 Å². The predicted octanol–water partition coefficient (Wildman–Crippen LogP) is 2.75. The molecular formula is C18H23F3IN5O2S. The molecule has 166 valence electrons. The van der Waals surface area contributed by atoms with Gasteiger partial charge in [0.05, 0.1) is 12.1 Å². The number of nitrogens with one attached hydrogen (secondary N) is 3. The maximum absolute atomic E-state index is 12.6. The average molecular weight is 557 g/mol. The summed E-state index contributed by atoms with van der Waals surface area (Å²) < 4.78 is 64.5. The summed E-state index contributed by atoms with van der Waals surface area (Å²) in [5.41, 5.74) is -0.0938. The zero-order chi connectivity index (χ0) is 21.3. The molecule has 1 aromatic carbocycles. The standard InChI is InChI=1S/C18H22F3N5O2S.HI/c1-2-23-17(25-12-14-5-7-15(8-6-14)18(19,20)21)24-10-11-26-29(27,28)16-4-3-9-22-13-16;/h3-9,13,26H,2,10-12H2,1H3,(H2,23,24,25);1H. The number of hydrogen-bond acceptors (Lipinski definition) is 4. The van der Waals surface area contributed by atoms with Crippen molar-refractivity contribution in [1.29, 1.82) is 0 Å². The molecule has 0 amide bonds. The number of nitrogens with zero attached hydrogens (tertiary/aromatic N) is 2. The third-order valence-electron chi connectivity index (χ3n) is 3.70. The van der Waals surface area contributed by atoms with Crippen LogP contribution in [0.15, 0.2) is 58.7 Å². The Labute approximate surface area is 190 Å². The Hall–Kier alpha value is -1.93. The van der Waals surface area contributed by atoms with Crippen molar-refractivity contribution in [3.63, 3.8) is 0 Å². The number of pyridine rings is 1. The molecule has 0 atom stereocenters. The molecule has 0 fully saturated rings. The van der Waals surface area contributed by atoms with Crippen molar-refractivity contribution in [2.24, 2.45) is 4.99 Å². The minimum Gasteiger partial charge on any atom is -0.357 e. The molecule has 30 heavy (non-hydrogen) atoms. The van der Waals surface area contributed by atoms with Gasteiger partial charge in [0.15, 0.2) is 5.96 Å². The van der Waals surface area contributed by atoms with Crippen LogP contribution in [0.1, 0.15) is 18.1 Å². The summed E-state index contributed by atoms with van der Waals surface area (Å²) in [6.07, 6.45) is -1.64. The van der Waals surface area contributed by atoms with E-state index in [1.54, 1.807) is 0 Å². The lowest BCUT2D eigenvalue weighted by molar-refractivity contribution is -0.137. The van der Waals surface area contributed by atoms with E-state index >= 15 is 0 Å². The third-order valence-corrected chi connectivity index (χ3v) is 5.15. The molecule has 1 aromatic heterocycles. The molecule has 3 N–H and O–H groups in total. The van der Waals surface area contributed by atoms with Crippen molar-refractivity contribution < 1.29 is 21.6 Å². The zero-order valence-electron chi connectivity index (χ0n) is 16.1. The first-order valence-electron chi connectivity index (χ1n) is 8.80. The van der Waals surface area contributed by atoms with E-state index in [-0.39, 0.29) is 48.5 Å². The molecule has 1 heterocycles. The van der Waals surface area contributed by atoms with E-state index in [0.29, 0.717) is 18.1 Å². The smallest absolute Gasteiger partial charge is 0.357 e. The highest BCUT2D eigenvalue weighted by Gasteiger charge is 2.29. The number of hydrogen-bond donors (Lipinski definition) is 3. The van der Waals surface area contributed by atoms with Gasteiger partial charge in [-0.2, -0.15) is 13.2 Å². The normalized spacial score (nSPS) is 12.2.